The molecule has 8 nitrogen and oxygen atoms in total. The van der Waals surface area contributed by atoms with E-state index in [1.165, 1.54) is 0 Å². The molecule has 3 rings (SSSR count). The van der Waals surface area contributed by atoms with Crippen LogP contribution in [0.2, 0.25) is 0 Å². The third-order valence-electron chi connectivity index (χ3n) is 4.29. The third-order valence-corrected chi connectivity index (χ3v) is 5.05. The number of fused-ring (bicyclic) bond motifs is 1. The summed E-state index contributed by atoms with van der Waals surface area (Å²) in [4.78, 5) is 28.3. The molecule has 0 aromatic carbocycles. The van der Waals surface area contributed by atoms with Gasteiger partial charge in [0.1, 0.15) is 0 Å². The first-order chi connectivity index (χ1) is 10.8. The molecular weight excluding hydrogens is 320 g/mol. The second-order valence-corrected chi connectivity index (χ2v) is 7.97. The van der Waals surface area contributed by atoms with Crippen LogP contribution >= 0.6 is 0 Å². The lowest BCUT2D eigenvalue weighted by atomic mass is 9.88. The van der Waals surface area contributed by atoms with Crippen molar-refractivity contribution in [2.24, 2.45) is 0 Å². The van der Waals surface area contributed by atoms with Crippen LogP contribution in [0.5, 0.6) is 0 Å². The molecule has 0 atom stereocenters. The third kappa shape index (κ3) is 3.73. The zero-order valence-corrected chi connectivity index (χ0v) is 13.6. The second-order valence-electron chi connectivity index (χ2n) is 6.19. The topological polar surface area (TPSA) is 111 Å². The highest BCUT2D eigenvalue weighted by atomic mass is 32.2. The van der Waals surface area contributed by atoms with Crippen molar-refractivity contribution >= 4 is 16.1 Å². The SMILES string of the molecule is CS(=O)(=O)NC1CC(NC(=O)N2CCc3c(cc[nH]c3=O)C2)C1. The van der Waals surface area contributed by atoms with Gasteiger partial charge in [-0.1, -0.05) is 0 Å². The summed E-state index contributed by atoms with van der Waals surface area (Å²) < 4.78 is 24.8. The van der Waals surface area contributed by atoms with Gasteiger partial charge in [0.15, 0.2) is 0 Å². The minimum atomic E-state index is -3.20. The highest BCUT2D eigenvalue weighted by Gasteiger charge is 2.33. The molecule has 1 saturated carbocycles. The van der Waals surface area contributed by atoms with Crippen LogP contribution in [0.1, 0.15) is 24.0 Å². The number of hydrogen-bond donors (Lipinski definition) is 3. The van der Waals surface area contributed by atoms with Gasteiger partial charge in [-0.2, -0.15) is 0 Å². The highest BCUT2D eigenvalue weighted by molar-refractivity contribution is 7.88. The molecule has 0 bridgehead atoms. The average molecular weight is 340 g/mol. The summed E-state index contributed by atoms with van der Waals surface area (Å²) in [6.45, 7) is 0.923. The minimum Gasteiger partial charge on any atom is -0.335 e. The molecule has 2 amide bonds. The van der Waals surface area contributed by atoms with E-state index < -0.39 is 10.0 Å². The number of amides is 2. The van der Waals surface area contributed by atoms with Crippen LogP contribution in [0, 0.1) is 0 Å². The van der Waals surface area contributed by atoms with Crippen molar-refractivity contribution in [2.75, 3.05) is 12.8 Å². The van der Waals surface area contributed by atoms with Gasteiger partial charge in [0.25, 0.3) is 5.56 Å². The molecule has 0 radical (unpaired) electrons. The van der Waals surface area contributed by atoms with Gasteiger partial charge in [-0.3, -0.25) is 4.79 Å². The Morgan fingerprint density at radius 2 is 2.09 bits per heavy atom. The van der Waals surface area contributed by atoms with Gasteiger partial charge < -0.3 is 15.2 Å². The summed E-state index contributed by atoms with van der Waals surface area (Å²) in [5.41, 5.74) is 1.54. The Kier molecular flexibility index (Phi) is 4.15. The quantitative estimate of drug-likeness (QED) is 0.690. The fraction of sp³-hybridized carbons (Fsp3) is 0.571. The molecule has 9 heteroatoms. The molecule has 0 saturated heterocycles. The molecule has 126 valence electrons. The molecule has 1 aromatic heterocycles. The molecule has 0 unspecified atom stereocenters. The van der Waals surface area contributed by atoms with Gasteiger partial charge >= 0.3 is 6.03 Å². The maximum atomic E-state index is 12.3. The Morgan fingerprint density at radius 3 is 2.78 bits per heavy atom. The number of nitrogens with one attached hydrogen (secondary N) is 3. The van der Waals surface area contributed by atoms with Crippen molar-refractivity contribution in [2.45, 2.75) is 37.9 Å². The molecule has 1 fully saturated rings. The van der Waals surface area contributed by atoms with Crippen molar-refractivity contribution in [3.05, 3.63) is 33.7 Å². The maximum absolute atomic E-state index is 12.3. The Hall–Kier alpha value is -1.87. The van der Waals surface area contributed by atoms with E-state index in [0.29, 0.717) is 32.4 Å². The Morgan fingerprint density at radius 1 is 1.35 bits per heavy atom. The summed E-state index contributed by atoms with van der Waals surface area (Å²) in [5, 5.41) is 2.91. The molecule has 3 N–H and O–H groups in total. The Balaban J connectivity index is 1.52. The standard InChI is InChI=1S/C14H20N4O4S/c1-23(21,22)17-11-6-10(7-11)16-14(20)18-5-3-12-9(8-18)2-4-15-13(12)19/h2,4,10-11,17H,3,5-8H2,1H3,(H,15,19)(H,16,20). The summed E-state index contributed by atoms with van der Waals surface area (Å²) >= 11 is 0. The first kappa shape index (κ1) is 16.0. The number of carbonyl (C=O) groups is 1. The van der Waals surface area contributed by atoms with Crippen molar-refractivity contribution in [3.63, 3.8) is 0 Å². The largest absolute Gasteiger partial charge is 0.335 e. The molecular formula is C14H20N4O4S. The second kappa shape index (κ2) is 5.97. The van der Waals surface area contributed by atoms with Crippen molar-refractivity contribution < 1.29 is 13.2 Å². The van der Waals surface area contributed by atoms with Gasteiger partial charge in [0, 0.05) is 36.9 Å². The predicted octanol–water partition coefficient (Wildman–Crippen LogP) is -0.477. The van der Waals surface area contributed by atoms with Crippen LogP contribution in [0.4, 0.5) is 4.79 Å². The molecule has 2 aliphatic rings. The number of urea groups is 1. The number of rotatable bonds is 3. The van der Waals surface area contributed by atoms with Gasteiger partial charge in [0.2, 0.25) is 10.0 Å². The van der Waals surface area contributed by atoms with E-state index in [-0.39, 0.29) is 23.7 Å². The summed E-state index contributed by atoms with van der Waals surface area (Å²) in [7, 11) is -3.20. The lowest BCUT2D eigenvalue weighted by molar-refractivity contribution is 0.176. The fourth-order valence-electron chi connectivity index (χ4n) is 3.08. The van der Waals surface area contributed by atoms with Crippen LogP contribution in [-0.2, 0) is 23.0 Å². The smallest absolute Gasteiger partial charge is 0.317 e. The summed E-state index contributed by atoms with van der Waals surface area (Å²) in [5.74, 6) is 0. The molecule has 2 heterocycles. The Labute approximate surface area is 134 Å². The lowest BCUT2D eigenvalue weighted by Crippen LogP contribution is -2.56. The van der Waals surface area contributed by atoms with Gasteiger partial charge in [-0.25, -0.2) is 17.9 Å². The zero-order chi connectivity index (χ0) is 16.6. The van der Waals surface area contributed by atoms with Crippen LogP contribution in [0.25, 0.3) is 0 Å². The number of aromatic amines is 1. The lowest BCUT2D eigenvalue weighted by Gasteiger charge is -2.37. The van der Waals surface area contributed by atoms with Gasteiger partial charge in [-0.15, -0.1) is 0 Å². The van der Waals surface area contributed by atoms with Gasteiger partial charge in [-0.05, 0) is 30.9 Å². The number of pyridine rings is 1. The summed E-state index contributed by atoms with van der Waals surface area (Å²) in [6, 6.07) is 1.54. The van der Waals surface area contributed by atoms with E-state index in [0.717, 1.165) is 17.4 Å². The minimum absolute atomic E-state index is 0.0117. The maximum Gasteiger partial charge on any atom is 0.317 e. The number of hydrogen-bond acceptors (Lipinski definition) is 4. The molecule has 0 spiro atoms. The first-order valence-corrected chi connectivity index (χ1v) is 9.43. The zero-order valence-electron chi connectivity index (χ0n) is 12.8. The van der Waals surface area contributed by atoms with E-state index in [4.69, 9.17) is 0 Å². The van der Waals surface area contributed by atoms with Crippen molar-refractivity contribution in [1.82, 2.24) is 19.9 Å². The number of H-pyrrole nitrogens is 1. The molecule has 1 aliphatic heterocycles. The number of nitrogens with zero attached hydrogens (tertiary/aromatic N) is 1. The normalized spacial score (nSPS) is 23.8. The van der Waals surface area contributed by atoms with E-state index in [9.17, 15) is 18.0 Å². The fourth-order valence-corrected chi connectivity index (χ4v) is 3.88. The van der Waals surface area contributed by atoms with E-state index >= 15 is 0 Å². The van der Waals surface area contributed by atoms with Crippen LogP contribution < -0.4 is 15.6 Å². The number of aromatic nitrogens is 1. The number of carbonyl (C=O) groups excluding carboxylic acids is 1. The van der Waals surface area contributed by atoms with E-state index in [1.54, 1.807) is 11.1 Å². The molecule has 1 aromatic rings. The number of sulfonamides is 1. The van der Waals surface area contributed by atoms with Crippen molar-refractivity contribution in [1.29, 1.82) is 0 Å². The van der Waals surface area contributed by atoms with Crippen LogP contribution in [-0.4, -0.2) is 49.2 Å². The van der Waals surface area contributed by atoms with E-state index in [1.807, 2.05) is 6.07 Å². The van der Waals surface area contributed by atoms with Crippen LogP contribution in [0.15, 0.2) is 17.1 Å². The highest BCUT2D eigenvalue weighted by Crippen LogP contribution is 2.22. The first-order valence-electron chi connectivity index (χ1n) is 7.54. The van der Waals surface area contributed by atoms with E-state index in [2.05, 4.69) is 15.0 Å². The Bertz CT molecular complexity index is 767. The monoisotopic (exact) mass is 340 g/mol. The van der Waals surface area contributed by atoms with Crippen molar-refractivity contribution in [3.8, 4) is 0 Å². The average Bonchev–Trinajstić information content (AvgIpc) is 2.43. The summed E-state index contributed by atoms with van der Waals surface area (Å²) in [6.07, 6.45) is 4.47. The molecule has 23 heavy (non-hydrogen) atoms. The van der Waals surface area contributed by atoms with Gasteiger partial charge in [0.05, 0.1) is 6.26 Å². The molecule has 1 aliphatic carbocycles. The van der Waals surface area contributed by atoms with Crippen LogP contribution in [0.3, 0.4) is 0 Å². The predicted molar refractivity (Wildman–Crippen MR) is 84.5 cm³/mol.